The van der Waals surface area contributed by atoms with Crippen LogP contribution in [0.1, 0.15) is 49.7 Å². The molecule has 1 aromatic carbocycles. The first-order valence-electron chi connectivity index (χ1n) is 8.97. The van der Waals surface area contributed by atoms with Gasteiger partial charge in [0.25, 0.3) is 0 Å². The number of allylic oxidation sites excluding steroid dienone is 2. The molecule has 0 spiro atoms. The summed E-state index contributed by atoms with van der Waals surface area (Å²) in [6.45, 7) is 10.1. The van der Waals surface area contributed by atoms with Crippen LogP contribution in [0.4, 0.5) is 5.69 Å². The lowest BCUT2D eigenvalue weighted by molar-refractivity contribution is 0.640. The van der Waals surface area contributed by atoms with Gasteiger partial charge in [0.15, 0.2) is 0 Å². The minimum atomic E-state index is 0.968. The summed E-state index contributed by atoms with van der Waals surface area (Å²) in [5.41, 5.74) is 5.15. The Balaban J connectivity index is 1.69. The zero-order valence-corrected chi connectivity index (χ0v) is 16.7. The highest BCUT2D eigenvalue weighted by molar-refractivity contribution is 8.00. The van der Waals surface area contributed by atoms with E-state index in [2.05, 4.69) is 55.1 Å². The fourth-order valence-corrected chi connectivity index (χ4v) is 5.08. The first-order chi connectivity index (χ1) is 11.7. The van der Waals surface area contributed by atoms with E-state index in [1.807, 2.05) is 6.08 Å². The fourth-order valence-electron chi connectivity index (χ4n) is 2.97. The van der Waals surface area contributed by atoms with Crippen molar-refractivity contribution in [3.05, 3.63) is 54.3 Å². The zero-order valence-electron chi connectivity index (χ0n) is 14.9. The number of anilines is 1. The molecule has 0 fully saturated rings. The van der Waals surface area contributed by atoms with Gasteiger partial charge in [-0.3, -0.25) is 0 Å². The van der Waals surface area contributed by atoms with E-state index in [9.17, 15) is 0 Å². The van der Waals surface area contributed by atoms with Crippen LogP contribution in [0.3, 0.4) is 0 Å². The van der Waals surface area contributed by atoms with Crippen molar-refractivity contribution in [1.29, 1.82) is 0 Å². The lowest BCUT2D eigenvalue weighted by Gasteiger charge is -2.09. The highest BCUT2D eigenvalue weighted by atomic mass is 32.2. The summed E-state index contributed by atoms with van der Waals surface area (Å²) < 4.78 is 0. The molecule has 1 N–H and O–H groups in total. The third kappa shape index (κ3) is 6.15. The van der Waals surface area contributed by atoms with Gasteiger partial charge in [0.05, 0.1) is 0 Å². The van der Waals surface area contributed by atoms with Crippen LogP contribution in [-0.4, -0.2) is 23.5 Å². The smallest absolute Gasteiger partial charge is 0.0418 e. The Kier molecular flexibility index (Phi) is 8.70. The summed E-state index contributed by atoms with van der Waals surface area (Å²) in [6, 6.07) is 6.82. The van der Waals surface area contributed by atoms with E-state index in [-0.39, 0.29) is 0 Å². The Morgan fingerprint density at radius 3 is 2.83 bits per heavy atom. The van der Waals surface area contributed by atoms with Crippen molar-refractivity contribution < 1.29 is 0 Å². The zero-order chi connectivity index (χ0) is 17.2. The molecule has 0 saturated carbocycles. The highest BCUT2D eigenvalue weighted by Crippen LogP contribution is 2.29. The third-order valence-corrected chi connectivity index (χ3v) is 6.60. The molecular formula is C21H30NPS. The van der Waals surface area contributed by atoms with Crippen molar-refractivity contribution in [2.24, 2.45) is 0 Å². The van der Waals surface area contributed by atoms with Crippen LogP contribution in [0, 0.1) is 0 Å². The molecular weight excluding hydrogens is 329 g/mol. The number of fused-ring (bicyclic) bond motifs is 1. The molecule has 0 radical (unpaired) electrons. The number of thioether (sulfide) groups is 1. The minimum Gasteiger partial charge on any atom is -0.359 e. The molecule has 1 aliphatic rings. The third-order valence-electron chi connectivity index (χ3n) is 4.36. The van der Waals surface area contributed by atoms with Gasteiger partial charge in [0.2, 0.25) is 0 Å². The first-order valence-corrected chi connectivity index (χ1v) is 11.5. The van der Waals surface area contributed by atoms with Crippen LogP contribution in [0.2, 0.25) is 0 Å². The topological polar surface area (TPSA) is 12.0 Å². The number of rotatable bonds is 11. The van der Waals surface area contributed by atoms with Crippen molar-refractivity contribution >= 4 is 30.9 Å². The van der Waals surface area contributed by atoms with Crippen molar-refractivity contribution in [3.63, 3.8) is 0 Å². The normalized spacial score (nSPS) is 13.7. The fraction of sp³-hybridized carbons (Fsp3) is 0.476. The van der Waals surface area contributed by atoms with Gasteiger partial charge in [0.1, 0.15) is 0 Å². The van der Waals surface area contributed by atoms with Crippen molar-refractivity contribution in [2.75, 3.05) is 23.5 Å². The SMILES string of the molecule is C=CCCCCCCCSCC(=PC)c1ccc2c(c1)CC(=C)N2. The highest BCUT2D eigenvalue weighted by Gasteiger charge is 2.14. The average Bonchev–Trinajstić information content (AvgIpc) is 2.96. The summed E-state index contributed by atoms with van der Waals surface area (Å²) in [5, 5.41) is 4.90. The van der Waals surface area contributed by atoms with Gasteiger partial charge in [0, 0.05) is 23.6 Å². The van der Waals surface area contributed by atoms with E-state index in [1.54, 1.807) is 5.29 Å². The molecule has 24 heavy (non-hydrogen) atoms. The van der Waals surface area contributed by atoms with E-state index in [0.29, 0.717) is 0 Å². The molecule has 0 aromatic heterocycles. The Morgan fingerprint density at radius 1 is 1.25 bits per heavy atom. The van der Waals surface area contributed by atoms with Crippen LogP contribution in [0.5, 0.6) is 0 Å². The lowest BCUT2D eigenvalue weighted by atomic mass is 10.1. The van der Waals surface area contributed by atoms with Crippen LogP contribution < -0.4 is 5.32 Å². The van der Waals surface area contributed by atoms with Gasteiger partial charge in [-0.15, -0.1) is 14.8 Å². The Morgan fingerprint density at radius 2 is 2.04 bits per heavy atom. The molecule has 0 unspecified atom stereocenters. The maximum atomic E-state index is 4.04. The van der Waals surface area contributed by atoms with Crippen molar-refractivity contribution in [2.45, 2.75) is 44.9 Å². The first kappa shape index (κ1) is 19.3. The Labute approximate surface area is 153 Å². The van der Waals surface area contributed by atoms with E-state index in [1.165, 1.54) is 69.3 Å². The molecule has 1 aromatic rings. The predicted molar refractivity (Wildman–Crippen MR) is 115 cm³/mol. The molecule has 0 atom stereocenters. The monoisotopic (exact) mass is 359 g/mol. The number of benzene rings is 1. The molecule has 0 bridgehead atoms. The number of unbranched alkanes of at least 4 members (excludes halogenated alkanes) is 5. The summed E-state index contributed by atoms with van der Waals surface area (Å²) in [7, 11) is 1.39. The van der Waals surface area contributed by atoms with Crippen LogP contribution in [-0.2, 0) is 6.42 Å². The van der Waals surface area contributed by atoms with E-state index < -0.39 is 0 Å². The van der Waals surface area contributed by atoms with Crippen LogP contribution >= 0.6 is 20.0 Å². The standard InChI is InChI=1S/C21H30NPS/c1-4-5-6-7-8-9-10-13-24-16-21(23-3)18-11-12-20-19(15-18)14-17(2)22-20/h4,11-12,15,22H,1-2,5-10,13-14,16H2,3H3. The Hall–Kier alpha value is -0.980. The average molecular weight is 360 g/mol. The van der Waals surface area contributed by atoms with Gasteiger partial charge < -0.3 is 5.32 Å². The number of hydrogen-bond acceptors (Lipinski definition) is 2. The Bertz CT molecular complexity index is 592. The summed E-state index contributed by atoms with van der Waals surface area (Å²) in [4.78, 5) is 0. The maximum absolute atomic E-state index is 4.04. The molecule has 1 heterocycles. The molecule has 0 saturated heterocycles. The molecule has 3 heteroatoms. The molecule has 0 amide bonds. The van der Waals surface area contributed by atoms with E-state index >= 15 is 0 Å². The lowest BCUT2D eigenvalue weighted by Crippen LogP contribution is -2.03. The number of hydrogen-bond donors (Lipinski definition) is 1. The number of nitrogens with one attached hydrogen (secondary N) is 1. The van der Waals surface area contributed by atoms with Gasteiger partial charge in [-0.2, -0.15) is 11.8 Å². The van der Waals surface area contributed by atoms with Crippen LogP contribution in [0.25, 0.3) is 0 Å². The van der Waals surface area contributed by atoms with E-state index in [4.69, 9.17) is 0 Å². The molecule has 2 rings (SSSR count). The summed E-state index contributed by atoms with van der Waals surface area (Å²) >= 11 is 2.09. The van der Waals surface area contributed by atoms with Gasteiger partial charge in [-0.25, -0.2) is 0 Å². The molecule has 0 aliphatic carbocycles. The summed E-state index contributed by atoms with van der Waals surface area (Å²) in [6.07, 6.45) is 10.9. The van der Waals surface area contributed by atoms with Crippen molar-refractivity contribution in [3.8, 4) is 0 Å². The van der Waals surface area contributed by atoms with Crippen LogP contribution in [0.15, 0.2) is 43.1 Å². The minimum absolute atomic E-state index is 0.968. The predicted octanol–water partition coefficient (Wildman–Crippen LogP) is 6.52. The quantitative estimate of drug-likeness (QED) is 0.274. The second-order valence-electron chi connectivity index (χ2n) is 6.35. The largest absolute Gasteiger partial charge is 0.359 e. The van der Waals surface area contributed by atoms with Gasteiger partial charge in [-0.05, 0) is 60.2 Å². The molecule has 1 aliphatic heterocycles. The molecule has 130 valence electrons. The van der Waals surface area contributed by atoms with E-state index in [0.717, 1.165) is 17.9 Å². The second kappa shape index (κ2) is 10.8. The van der Waals surface area contributed by atoms with Crippen molar-refractivity contribution in [1.82, 2.24) is 0 Å². The molecule has 1 nitrogen and oxygen atoms in total. The van der Waals surface area contributed by atoms with Gasteiger partial charge in [-0.1, -0.05) is 38.0 Å². The second-order valence-corrected chi connectivity index (χ2v) is 8.44. The van der Waals surface area contributed by atoms with Gasteiger partial charge >= 0.3 is 0 Å². The summed E-state index contributed by atoms with van der Waals surface area (Å²) in [5.74, 6) is 2.44. The maximum Gasteiger partial charge on any atom is 0.0418 e.